The highest BCUT2D eigenvalue weighted by molar-refractivity contribution is 7.25. The fourth-order valence-corrected chi connectivity index (χ4v) is 9.53. The van der Waals surface area contributed by atoms with Crippen LogP contribution in [0.4, 0.5) is 0 Å². The molecule has 0 atom stereocenters. The number of hydrogen-bond acceptors (Lipinski definition) is 3. The molecule has 0 amide bonds. The van der Waals surface area contributed by atoms with E-state index in [1.165, 1.54) is 36.3 Å². The van der Waals surface area contributed by atoms with E-state index in [2.05, 4.69) is 188 Å². The molecule has 11 rings (SSSR count). The van der Waals surface area contributed by atoms with E-state index in [1.54, 1.807) is 11.3 Å². The van der Waals surface area contributed by atoms with E-state index >= 15 is 0 Å². The molecular formula is C54H35N3OS. The Hall–Kier alpha value is -7.47. The first-order valence-corrected chi connectivity index (χ1v) is 20.5. The number of nitrogens with zero attached hydrogens (tertiary/aromatic N) is 3. The van der Waals surface area contributed by atoms with Crippen LogP contribution in [0.2, 0.25) is 0 Å². The first-order chi connectivity index (χ1) is 29.2. The van der Waals surface area contributed by atoms with E-state index in [9.17, 15) is 0 Å². The molecule has 278 valence electrons. The molecule has 0 saturated heterocycles. The van der Waals surface area contributed by atoms with Crippen LogP contribution in [0, 0.1) is 0 Å². The lowest BCUT2D eigenvalue weighted by molar-refractivity contribution is 0.669. The number of furan rings is 1. The largest absolute Gasteiger partial charge is 0.456 e. The van der Waals surface area contributed by atoms with Gasteiger partial charge in [-0.3, -0.25) is 4.99 Å². The quantitative estimate of drug-likeness (QED) is 0.123. The van der Waals surface area contributed by atoms with Gasteiger partial charge in [-0.05, 0) is 98.5 Å². The fourth-order valence-electron chi connectivity index (χ4n) is 8.38. The van der Waals surface area contributed by atoms with E-state index in [0.717, 1.165) is 66.3 Å². The van der Waals surface area contributed by atoms with E-state index in [-0.39, 0.29) is 0 Å². The highest BCUT2D eigenvalue weighted by Crippen LogP contribution is 2.40. The topological polar surface area (TPSA) is 50.2 Å². The zero-order valence-electron chi connectivity index (χ0n) is 32.0. The predicted molar refractivity (Wildman–Crippen MR) is 252 cm³/mol. The van der Waals surface area contributed by atoms with Gasteiger partial charge in [0.2, 0.25) is 0 Å². The minimum absolute atomic E-state index is 0.408. The van der Waals surface area contributed by atoms with Gasteiger partial charge in [-0.25, -0.2) is 9.98 Å². The third-order valence-corrected chi connectivity index (χ3v) is 12.4. The van der Waals surface area contributed by atoms with Gasteiger partial charge in [0.1, 0.15) is 11.2 Å². The van der Waals surface area contributed by atoms with Crippen LogP contribution in [0.25, 0.3) is 85.9 Å². The molecule has 0 aliphatic heterocycles. The Morgan fingerprint density at radius 3 is 2.03 bits per heavy atom. The standard InChI is InChI=1S/C54H35N3OS/c1-55-53(41-27-28-44-43-15-7-9-20-50(43)59-51(44)32-41)57-54(37-24-21-36(22-25-37)39-26-23-35-11-2-3-12-38(35)31-39)56-33-34-29-40-13-4-5-14-42(40)47(30-34)45-17-10-19-49-52(45)46-16-6-8-18-48(46)58-49/h2-32H,1,33H2/b56-54-,57-53-. The number of benzene rings is 9. The van der Waals surface area contributed by atoms with Crippen molar-refractivity contribution in [1.29, 1.82) is 0 Å². The number of aliphatic imine (C=N–C) groups is 3. The first-order valence-electron chi connectivity index (χ1n) is 19.7. The maximum atomic E-state index is 6.31. The molecule has 0 aliphatic rings. The predicted octanol–water partition coefficient (Wildman–Crippen LogP) is 14.7. The number of amidine groups is 2. The monoisotopic (exact) mass is 773 g/mol. The van der Waals surface area contributed by atoms with Crippen LogP contribution >= 0.6 is 11.3 Å². The van der Waals surface area contributed by atoms with Gasteiger partial charge in [0.05, 0.1) is 6.54 Å². The summed E-state index contributed by atoms with van der Waals surface area (Å²) < 4.78 is 8.75. The minimum Gasteiger partial charge on any atom is -0.456 e. The summed E-state index contributed by atoms with van der Waals surface area (Å²) in [5, 5.41) is 9.46. The third kappa shape index (κ3) is 6.29. The summed E-state index contributed by atoms with van der Waals surface area (Å²) in [6.07, 6.45) is 0. The Balaban J connectivity index is 1.03. The highest BCUT2D eigenvalue weighted by Gasteiger charge is 2.16. The van der Waals surface area contributed by atoms with Crippen molar-refractivity contribution in [3.63, 3.8) is 0 Å². The van der Waals surface area contributed by atoms with Crippen molar-refractivity contribution in [2.45, 2.75) is 6.54 Å². The van der Waals surface area contributed by atoms with Crippen LogP contribution in [0.3, 0.4) is 0 Å². The van der Waals surface area contributed by atoms with Crippen LogP contribution in [-0.4, -0.2) is 18.4 Å². The lowest BCUT2D eigenvalue weighted by atomic mass is 9.93. The summed E-state index contributed by atoms with van der Waals surface area (Å²) in [5.74, 6) is 1.12. The van der Waals surface area contributed by atoms with Gasteiger partial charge in [0.25, 0.3) is 0 Å². The van der Waals surface area contributed by atoms with Crippen molar-refractivity contribution in [3.05, 3.63) is 205 Å². The van der Waals surface area contributed by atoms with Crippen molar-refractivity contribution in [2.24, 2.45) is 15.0 Å². The molecule has 0 spiro atoms. The minimum atomic E-state index is 0.408. The van der Waals surface area contributed by atoms with Crippen LogP contribution in [0.5, 0.6) is 0 Å². The molecule has 9 aromatic carbocycles. The number of thiophene rings is 1. The second-order valence-electron chi connectivity index (χ2n) is 14.8. The average molecular weight is 774 g/mol. The number of hydrogen-bond donors (Lipinski definition) is 0. The summed E-state index contributed by atoms with van der Waals surface area (Å²) in [4.78, 5) is 15.0. The number of para-hydroxylation sites is 1. The van der Waals surface area contributed by atoms with Gasteiger partial charge >= 0.3 is 0 Å². The molecule has 0 bridgehead atoms. The number of fused-ring (bicyclic) bond motifs is 8. The van der Waals surface area contributed by atoms with Crippen LogP contribution in [0.15, 0.2) is 207 Å². The van der Waals surface area contributed by atoms with Crippen LogP contribution < -0.4 is 0 Å². The van der Waals surface area contributed by atoms with E-state index in [1.807, 2.05) is 12.1 Å². The van der Waals surface area contributed by atoms with Crippen molar-refractivity contribution in [2.75, 3.05) is 0 Å². The average Bonchev–Trinajstić information content (AvgIpc) is 3.87. The van der Waals surface area contributed by atoms with Gasteiger partial charge in [-0.2, -0.15) is 0 Å². The summed E-state index contributed by atoms with van der Waals surface area (Å²) in [7, 11) is 0. The molecule has 0 radical (unpaired) electrons. The Kier molecular flexibility index (Phi) is 8.53. The van der Waals surface area contributed by atoms with Crippen molar-refractivity contribution >= 4 is 93.4 Å². The van der Waals surface area contributed by atoms with Crippen molar-refractivity contribution in [1.82, 2.24) is 0 Å². The zero-order valence-corrected chi connectivity index (χ0v) is 32.8. The van der Waals surface area contributed by atoms with Gasteiger partial charge in [-0.15, -0.1) is 11.3 Å². The summed E-state index contributed by atoms with van der Waals surface area (Å²) in [6.45, 7) is 4.39. The maximum Gasteiger partial charge on any atom is 0.161 e. The normalized spacial score (nSPS) is 12.4. The van der Waals surface area contributed by atoms with Crippen molar-refractivity contribution < 1.29 is 4.42 Å². The van der Waals surface area contributed by atoms with Gasteiger partial charge in [-0.1, -0.05) is 146 Å². The second kappa shape index (κ2) is 14.5. The molecule has 0 saturated carbocycles. The molecule has 0 N–H and O–H groups in total. The molecule has 59 heavy (non-hydrogen) atoms. The Labute approximate surface area is 344 Å². The van der Waals surface area contributed by atoms with E-state index in [0.29, 0.717) is 18.2 Å². The molecule has 0 aliphatic carbocycles. The molecule has 2 heterocycles. The SMILES string of the molecule is C=N/C(=N\C(=N/Cc1cc(-c2cccc3oc4ccccc4c23)c2ccccc2c1)c1ccc(-c2ccc3ccccc3c2)cc1)c1ccc2c(c1)sc1ccccc12. The Morgan fingerprint density at radius 2 is 1.17 bits per heavy atom. The second-order valence-corrected chi connectivity index (χ2v) is 15.9. The van der Waals surface area contributed by atoms with Crippen LogP contribution in [0.1, 0.15) is 16.7 Å². The fraction of sp³-hybridized carbons (Fsp3) is 0.0185. The summed E-state index contributed by atoms with van der Waals surface area (Å²) >= 11 is 1.78. The molecule has 2 aromatic heterocycles. The molecule has 0 fully saturated rings. The summed E-state index contributed by atoms with van der Waals surface area (Å²) in [5.41, 5.74) is 9.18. The van der Waals surface area contributed by atoms with Gasteiger partial charge in [0, 0.05) is 42.1 Å². The van der Waals surface area contributed by atoms with Crippen molar-refractivity contribution in [3.8, 4) is 22.3 Å². The van der Waals surface area contributed by atoms with Gasteiger partial charge < -0.3 is 4.42 Å². The Morgan fingerprint density at radius 1 is 0.475 bits per heavy atom. The first kappa shape index (κ1) is 34.8. The smallest absolute Gasteiger partial charge is 0.161 e. The molecule has 0 unspecified atom stereocenters. The molecule has 11 aromatic rings. The molecule has 5 heteroatoms. The summed E-state index contributed by atoms with van der Waals surface area (Å²) in [6, 6.07) is 66.2. The lowest BCUT2D eigenvalue weighted by Gasteiger charge is -2.12. The lowest BCUT2D eigenvalue weighted by Crippen LogP contribution is -2.05. The van der Waals surface area contributed by atoms with E-state index < -0.39 is 0 Å². The third-order valence-electron chi connectivity index (χ3n) is 11.3. The number of rotatable bonds is 6. The maximum absolute atomic E-state index is 6.31. The highest BCUT2D eigenvalue weighted by atomic mass is 32.1. The van der Waals surface area contributed by atoms with Gasteiger partial charge in [0.15, 0.2) is 11.7 Å². The zero-order chi connectivity index (χ0) is 39.3. The molecular weight excluding hydrogens is 739 g/mol. The Bertz CT molecular complexity index is 3500. The van der Waals surface area contributed by atoms with E-state index in [4.69, 9.17) is 14.4 Å². The molecule has 4 nitrogen and oxygen atoms in total. The van der Waals surface area contributed by atoms with Crippen LogP contribution in [-0.2, 0) is 6.54 Å².